The minimum atomic E-state index is 0.781. The van der Waals surface area contributed by atoms with Crippen molar-refractivity contribution in [2.24, 2.45) is 17.8 Å². The van der Waals surface area contributed by atoms with Gasteiger partial charge in [-0.2, -0.15) is 0 Å². The van der Waals surface area contributed by atoms with Crippen LogP contribution < -0.4 is 0 Å². The van der Waals surface area contributed by atoms with Crippen molar-refractivity contribution in [1.29, 1.82) is 0 Å². The van der Waals surface area contributed by atoms with Crippen molar-refractivity contribution < 1.29 is 4.74 Å². The van der Waals surface area contributed by atoms with Crippen LogP contribution in [0.2, 0.25) is 0 Å². The first kappa shape index (κ1) is 13.3. The monoisotopic (exact) mass is 222 g/mol. The van der Waals surface area contributed by atoms with Gasteiger partial charge in [-0.15, -0.1) is 0 Å². The Hall–Kier alpha value is -0.720. The van der Waals surface area contributed by atoms with Crippen LogP contribution in [0.15, 0.2) is 24.5 Å². The number of methoxy groups -OCH3 is 1. The minimum absolute atomic E-state index is 0.781. The quantitative estimate of drug-likeness (QED) is 0.473. The first-order valence-electron chi connectivity index (χ1n) is 6.55. The Bertz CT molecular complexity index is 242. The predicted molar refractivity (Wildman–Crippen MR) is 70.2 cm³/mol. The van der Waals surface area contributed by atoms with Gasteiger partial charge in [0.1, 0.15) is 0 Å². The molecule has 0 heterocycles. The maximum Gasteiger partial charge on any atom is 0.0886 e. The molecule has 1 fully saturated rings. The van der Waals surface area contributed by atoms with E-state index in [0.717, 1.165) is 36.4 Å². The normalized spacial score (nSPS) is 29.8. The van der Waals surface area contributed by atoms with Gasteiger partial charge < -0.3 is 4.74 Å². The topological polar surface area (TPSA) is 9.23 Å². The summed E-state index contributed by atoms with van der Waals surface area (Å²) in [6.07, 6.45) is 10.8. The van der Waals surface area contributed by atoms with Crippen LogP contribution in [0.5, 0.6) is 0 Å². The van der Waals surface area contributed by atoms with Gasteiger partial charge in [0.25, 0.3) is 0 Å². The molecule has 16 heavy (non-hydrogen) atoms. The van der Waals surface area contributed by atoms with Crippen LogP contribution in [0.25, 0.3) is 0 Å². The molecule has 0 spiro atoms. The molecule has 0 aromatic carbocycles. The lowest BCUT2D eigenvalue weighted by atomic mass is 9.85. The third-order valence-electron chi connectivity index (χ3n) is 3.92. The van der Waals surface area contributed by atoms with E-state index in [9.17, 15) is 0 Å². The van der Waals surface area contributed by atoms with Crippen molar-refractivity contribution in [3.8, 4) is 0 Å². The molecule has 92 valence electrons. The van der Waals surface area contributed by atoms with Crippen LogP contribution in [0.4, 0.5) is 0 Å². The summed E-state index contributed by atoms with van der Waals surface area (Å²) in [5.41, 5.74) is 0. The first-order valence-corrected chi connectivity index (χ1v) is 6.55. The zero-order valence-corrected chi connectivity index (χ0v) is 11.0. The predicted octanol–water partition coefficient (Wildman–Crippen LogP) is 4.56. The van der Waals surface area contributed by atoms with E-state index in [2.05, 4.69) is 32.6 Å². The number of ether oxygens (including phenoxy) is 1. The van der Waals surface area contributed by atoms with E-state index >= 15 is 0 Å². The van der Waals surface area contributed by atoms with Gasteiger partial charge in [0.05, 0.1) is 12.9 Å². The molecule has 3 atom stereocenters. The smallest absolute Gasteiger partial charge is 0.0886 e. The highest BCUT2D eigenvalue weighted by Crippen LogP contribution is 2.42. The molecule has 1 saturated carbocycles. The van der Waals surface area contributed by atoms with Gasteiger partial charge in [-0.05, 0) is 37.0 Å². The molecule has 1 heteroatoms. The van der Waals surface area contributed by atoms with Crippen molar-refractivity contribution in [3.63, 3.8) is 0 Å². The van der Waals surface area contributed by atoms with E-state index in [1.165, 1.54) is 19.3 Å². The molecule has 0 bridgehead atoms. The average Bonchev–Trinajstić information content (AvgIpc) is 2.61. The van der Waals surface area contributed by atoms with E-state index in [1.54, 1.807) is 7.11 Å². The lowest BCUT2D eigenvalue weighted by molar-refractivity contribution is 0.237. The van der Waals surface area contributed by atoms with Gasteiger partial charge in [-0.3, -0.25) is 0 Å². The van der Waals surface area contributed by atoms with Gasteiger partial charge in [0.2, 0.25) is 0 Å². The Labute approximate surface area is 101 Å². The summed E-state index contributed by atoms with van der Waals surface area (Å²) in [5, 5.41) is 0. The summed E-state index contributed by atoms with van der Waals surface area (Å²) >= 11 is 0. The molecule has 1 aliphatic rings. The fourth-order valence-corrected chi connectivity index (χ4v) is 2.84. The number of hydrogen-bond acceptors (Lipinski definition) is 1. The molecule has 0 aliphatic heterocycles. The fraction of sp³-hybridized carbons (Fsp3) is 0.733. The molecule has 0 radical (unpaired) electrons. The molecule has 0 N–H and O–H groups in total. The summed E-state index contributed by atoms with van der Waals surface area (Å²) in [6, 6.07) is 0. The van der Waals surface area contributed by atoms with Crippen LogP contribution in [0.3, 0.4) is 0 Å². The second kappa shape index (κ2) is 6.78. The van der Waals surface area contributed by atoms with Crippen LogP contribution in [-0.4, -0.2) is 7.11 Å². The molecule has 0 amide bonds. The zero-order chi connectivity index (χ0) is 12.0. The van der Waals surface area contributed by atoms with Gasteiger partial charge >= 0.3 is 0 Å². The van der Waals surface area contributed by atoms with E-state index < -0.39 is 0 Å². The van der Waals surface area contributed by atoms with Crippen molar-refractivity contribution in [1.82, 2.24) is 0 Å². The summed E-state index contributed by atoms with van der Waals surface area (Å²) in [5.74, 6) is 3.42. The Kier molecular flexibility index (Phi) is 5.65. The third kappa shape index (κ3) is 3.70. The molecule has 1 aliphatic carbocycles. The van der Waals surface area contributed by atoms with Crippen molar-refractivity contribution in [3.05, 3.63) is 24.5 Å². The number of allylic oxidation sites excluding steroid dienone is 3. The number of hydrogen-bond donors (Lipinski definition) is 0. The van der Waals surface area contributed by atoms with Crippen molar-refractivity contribution >= 4 is 0 Å². The fourth-order valence-electron chi connectivity index (χ4n) is 2.84. The van der Waals surface area contributed by atoms with Crippen LogP contribution in [0.1, 0.15) is 46.0 Å². The largest absolute Gasteiger partial charge is 0.502 e. The van der Waals surface area contributed by atoms with E-state index in [1.807, 2.05) is 0 Å². The average molecular weight is 222 g/mol. The molecule has 0 saturated heterocycles. The summed E-state index contributed by atoms with van der Waals surface area (Å²) in [7, 11) is 1.73. The molecule has 0 aromatic rings. The maximum absolute atomic E-state index is 5.21. The zero-order valence-electron chi connectivity index (χ0n) is 11.0. The SMILES string of the molecule is C=C(CC1CCC(C)C1C/C=C\CC)OC. The third-order valence-corrected chi connectivity index (χ3v) is 3.92. The Morgan fingerprint density at radius 2 is 2.12 bits per heavy atom. The van der Waals surface area contributed by atoms with Crippen molar-refractivity contribution in [2.45, 2.75) is 46.0 Å². The second-order valence-corrected chi connectivity index (χ2v) is 5.04. The highest BCUT2D eigenvalue weighted by molar-refractivity contribution is 4.95. The number of rotatable bonds is 6. The molecule has 3 unspecified atom stereocenters. The van der Waals surface area contributed by atoms with Crippen LogP contribution in [-0.2, 0) is 4.74 Å². The second-order valence-electron chi connectivity index (χ2n) is 5.04. The molecular formula is C15H26O. The van der Waals surface area contributed by atoms with Crippen LogP contribution >= 0.6 is 0 Å². The van der Waals surface area contributed by atoms with Gasteiger partial charge in [-0.25, -0.2) is 0 Å². The van der Waals surface area contributed by atoms with E-state index in [-0.39, 0.29) is 0 Å². The first-order chi connectivity index (χ1) is 7.69. The van der Waals surface area contributed by atoms with E-state index in [4.69, 9.17) is 4.74 Å². The summed E-state index contributed by atoms with van der Waals surface area (Å²) < 4.78 is 5.21. The lowest BCUT2D eigenvalue weighted by Crippen LogP contribution is -2.13. The van der Waals surface area contributed by atoms with Crippen molar-refractivity contribution in [2.75, 3.05) is 7.11 Å². The molecule has 1 rings (SSSR count). The summed E-state index contributed by atoms with van der Waals surface area (Å²) in [4.78, 5) is 0. The molecular weight excluding hydrogens is 196 g/mol. The summed E-state index contributed by atoms with van der Waals surface area (Å²) in [6.45, 7) is 8.53. The maximum atomic E-state index is 5.21. The standard InChI is InChI=1S/C15H26O/c1-5-6-7-8-15-12(2)9-10-14(15)11-13(3)16-4/h6-7,12,14-15H,3,5,8-11H2,1-2,4H3/b7-6-. The Morgan fingerprint density at radius 1 is 1.38 bits per heavy atom. The van der Waals surface area contributed by atoms with Gasteiger partial charge in [0.15, 0.2) is 0 Å². The molecule has 0 aromatic heterocycles. The molecule has 1 nitrogen and oxygen atoms in total. The van der Waals surface area contributed by atoms with Crippen LogP contribution in [0, 0.1) is 17.8 Å². The Morgan fingerprint density at radius 3 is 2.75 bits per heavy atom. The lowest BCUT2D eigenvalue weighted by Gasteiger charge is -2.22. The Balaban J connectivity index is 2.48. The highest BCUT2D eigenvalue weighted by Gasteiger charge is 2.32. The minimum Gasteiger partial charge on any atom is -0.502 e. The van der Waals surface area contributed by atoms with Gasteiger partial charge in [-0.1, -0.05) is 39.0 Å². The van der Waals surface area contributed by atoms with Gasteiger partial charge in [0, 0.05) is 6.42 Å². The highest BCUT2D eigenvalue weighted by atomic mass is 16.5. The van der Waals surface area contributed by atoms with E-state index in [0.29, 0.717) is 0 Å².